The third-order valence-corrected chi connectivity index (χ3v) is 2.63. The van der Waals surface area contributed by atoms with Gasteiger partial charge in [0.15, 0.2) is 11.1 Å². The zero-order valence-electron chi connectivity index (χ0n) is 5.98. The van der Waals surface area contributed by atoms with Crippen LogP contribution in [0.1, 0.15) is 0 Å². The molecule has 12 heavy (non-hydrogen) atoms. The molecule has 1 atom stereocenters. The average molecular weight is 196 g/mol. The van der Waals surface area contributed by atoms with Gasteiger partial charge in [0.05, 0.1) is 4.90 Å². The summed E-state index contributed by atoms with van der Waals surface area (Å²) >= 11 is -0.299. The first-order valence-corrected chi connectivity index (χ1v) is 5.32. The van der Waals surface area contributed by atoms with Crippen molar-refractivity contribution >= 4 is 41.7 Å². The van der Waals surface area contributed by atoms with Crippen molar-refractivity contribution < 1.29 is 8.76 Å². The average Bonchev–Trinajstić information content (AvgIpc) is 2.05. The Morgan fingerprint density at radius 1 is 1.50 bits per heavy atom. The van der Waals surface area contributed by atoms with Crippen molar-refractivity contribution in [1.29, 1.82) is 0 Å². The topological polar surface area (TPSA) is 37.3 Å². The van der Waals surface area contributed by atoms with Crippen LogP contribution in [0.5, 0.6) is 0 Å². The zero-order chi connectivity index (χ0) is 8.27. The summed E-state index contributed by atoms with van der Waals surface area (Å²) in [5, 5.41) is 0. The van der Waals surface area contributed by atoms with Crippen LogP contribution in [-0.4, -0.2) is 33.9 Å². The Labute approximate surface area is 90.6 Å². The molecule has 1 N–H and O–H groups in total. The molecule has 2 nitrogen and oxygen atoms in total. The van der Waals surface area contributed by atoms with Crippen molar-refractivity contribution in [3.63, 3.8) is 0 Å². The van der Waals surface area contributed by atoms with E-state index in [1.54, 1.807) is 30.0 Å². The maximum atomic E-state index is 10.6. The summed E-state index contributed by atoms with van der Waals surface area (Å²) in [6.45, 7) is 0. The molecule has 0 aliphatic rings. The Morgan fingerprint density at radius 3 is 2.67 bits per heavy atom. The van der Waals surface area contributed by atoms with Gasteiger partial charge in [0.25, 0.3) is 0 Å². The summed E-state index contributed by atoms with van der Waals surface area (Å²) in [6.07, 6.45) is 1.93. The van der Waals surface area contributed by atoms with Crippen LogP contribution in [0.25, 0.3) is 0 Å². The Kier molecular flexibility index (Phi) is 5.98. The Bertz CT molecular complexity index is 278. The second kappa shape index (κ2) is 5.84. The van der Waals surface area contributed by atoms with Gasteiger partial charge in [-0.15, -0.1) is 11.8 Å². The summed E-state index contributed by atoms with van der Waals surface area (Å²) in [4.78, 5) is 1.46. The molecule has 1 aromatic rings. The second-order valence-corrected chi connectivity index (χ2v) is 3.78. The molecular weight excluding hydrogens is 187 g/mol. The van der Waals surface area contributed by atoms with Crippen LogP contribution in [0.4, 0.5) is 0 Å². The van der Waals surface area contributed by atoms with Crippen molar-refractivity contribution in [1.82, 2.24) is 0 Å². The second-order valence-electron chi connectivity index (χ2n) is 1.93. The van der Waals surface area contributed by atoms with Crippen molar-refractivity contribution in [3.05, 3.63) is 24.3 Å². The molecule has 0 aromatic heterocycles. The number of thioether (sulfide) groups is 1. The zero-order valence-corrected chi connectivity index (χ0v) is 7.61. The van der Waals surface area contributed by atoms with Gasteiger partial charge in [0.2, 0.25) is 0 Å². The first kappa shape index (κ1) is 12.3. The predicted molar refractivity (Wildman–Crippen MR) is 54.4 cm³/mol. The van der Waals surface area contributed by atoms with Gasteiger partial charge < -0.3 is 4.55 Å². The number of hydrogen-bond acceptors (Lipinski definition) is 2. The molecule has 0 aliphatic heterocycles. The van der Waals surface area contributed by atoms with Gasteiger partial charge in [0.1, 0.15) is 0 Å². The molecule has 0 aliphatic carbocycles. The number of rotatable bonds is 2. The summed E-state index contributed by atoms with van der Waals surface area (Å²) in [5.41, 5.74) is 0. The van der Waals surface area contributed by atoms with Gasteiger partial charge in [-0.3, -0.25) is 0 Å². The van der Waals surface area contributed by atoms with Crippen LogP contribution in [0.3, 0.4) is 0 Å². The molecule has 0 heterocycles. The molecule has 1 rings (SSSR count). The van der Waals surface area contributed by atoms with Gasteiger partial charge in [0, 0.05) is 4.90 Å². The molecule has 1 unspecified atom stereocenters. The molecule has 5 heteroatoms. The quantitative estimate of drug-likeness (QED) is 0.440. The summed E-state index contributed by atoms with van der Waals surface area (Å²) in [6, 6.07) is 7.02. The fourth-order valence-corrected chi connectivity index (χ4v) is 1.67. The van der Waals surface area contributed by atoms with E-state index in [9.17, 15) is 4.21 Å². The van der Waals surface area contributed by atoms with Crippen molar-refractivity contribution in [2.45, 2.75) is 9.79 Å². The fraction of sp³-hybridized carbons (Fsp3) is 0.143. The molecule has 0 saturated carbocycles. The number of benzene rings is 1. The predicted octanol–water partition coefficient (Wildman–Crippen LogP) is 1.34. The molecule has 62 valence electrons. The van der Waals surface area contributed by atoms with E-state index in [1.807, 2.05) is 12.3 Å². The van der Waals surface area contributed by atoms with E-state index in [2.05, 4.69) is 0 Å². The van der Waals surface area contributed by atoms with Gasteiger partial charge >= 0.3 is 18.9 Å². The Morgan fingerprint density at radius 2 is 2.17 bits per heavy atom. The molecular formula is C7H9LiO2S2. The van der Waals surface area contributed by atoms with Crippen LogP contribution in [0.2, 0.25) is 0 Å². The molecule has 1 aromatic carbocycles. The monoisotopic (exact) mass is 196 g/mol. The molecule has 0 radical (unpaired) electrons. The molecule has 0 amide bonds. The van der Waals surface area contributed by atoms with Crippen molar-refractivity contribution in [3.8, 4) is 0 Å². The minimum absolute atomic E-state index is 0. The first-order chi connectivity index (χ1) is 5.24. The summed E-state index contributed by atoms with van der Waals surface area (Å²) < 4.78 is 19.3. The minimum atomic E-state index is -1.85. The molecule has 0 saturated heterocycles. The van der Waals surface area contributed by atoms with E-state index >= 15 is 0 Å². The third kappa shape index (κ3) is 3.34. The van der Waals surface area contributed by atoms with Crippen molar-refractivity contribution in [2.75, 3.05) is 6.26 Å². The van der Waals surface area contributed by atoms with Crippen LogP contribution in [-0.2, 0) is 11.1 Å². The van der Waals surface area contributed by atoms with E-state index in [1.165, 1.54) is 0 Å². The standard InChI is InChI=1S/C7H8O2S2.Li.H/c1-10-6-3-2-4-7(5-6)11(8)9;;/h2-5H,1H3,(H,8,9);;. The van der Waals surface area contributed by atoms with E-state index in [-0.39, 0.29) is 18.9 Å². The third-order valence-electron chi connectivity index (χ3n) is 1.24. The van der Waals surface area contributed by atoms with E-state index in [0.717, 1.165) is 4.90 Å². The molecule has 0 spiro atoms. The van der Waals surface area contributed by atoms with Crippen LogP contribution < -0.4 is 0 Å². The van der Waals surface area contributed by atoms with Crippen LogP contribution >= 0.6 is 11.8 Å². The number of hydrogen-bond donors (Lipinski definition) is 1. The fourth-order valence-electron chi connectivity index (χ4n) is 0.710. The van der Waals surface area contributed by atoms with E-state index < -0.39 is 11.1 Å². The maximum absolute atomic E-state index is 10.6. The molecule has 0 bridgehead atoms. The summed E-state index contributed by atoms with van der Waals surface area (Å²) in [7, 11) is 0. The molecule has 0 fully saturated rings. The first-order valence-electron chi connectivity index (χ1n) is 2.99. The summed E-state index contributed by atoms with van der Waals surface area (Å²) in [5.74, 6) is 0. The normalized spacial score (nSPS) is 11.8. The Hall–Kier alpha value is 0.277. The SMILES string of the molecule is CSc1cccc(S(=O)O)c1.[LiH]. The van der Waals surface area contributed by atoms with Gasteiger partial charge in [-0.1, -0.05) is 6.07 Å². The van der Waals surface area contributed by atoms with Gasteiger partial charge in [-0.2, -0.15) is 0 Å². The van der Waals surface area contributed by atoms with Gasteiger partial charge in [-0.05, 0) is 24.5 Å². The van der Waals surface area contributed by atoms with Gasteiger partial charge in [-0.25, -0.2) is 4.21 Å². The van der Waals surface area contributed by atoms with Crippen LogP contribution in [0, 0.1) is 0 Å². The Balaban J connectivity index is 0.00000121. The van der Waals surface area contributed by atoms with E-state index in [4.69, 9.17) is 4.55 Å². The van der Waals surface area contributed by atoms with Crippen LogP contribution in [0.15, 0.2) is 34.1 Å². The van der Waals surface area contributed by atoms with E-state index in [0.29, 0.717) is 4.90 Å². The van der Waals surface area contributed by atoms with Crippen molar-refractivity contribution in [2.24, 2.45) is 0 Å².